The summed E-state index contributed by atoms with van der Waals surface area (Å²) in [5.74, 6) is -0.307. The molecule has 0 aliphatic heterocycles. The van der Waals surface area contributed by atoms with Crippen LogP contribution >= 0.6 is 0 Å². The summed E-state index contributed by atoms with van der Waals surface area (Å²) in [6.45, 7) is 0. The molecule has 2 rings (SSSR count). The Morgan fingerprint density at radius 2 is 1.95 bits per heavy atom. The maximum atomic E-state index is 13.6. The van der Waals surface area contributed by atoms with Gasteiger partial charge in [-0.1, -0.05) is 36.4 Å². The van der Waals surface area contributed by atoms with Crippen molar-refractivity contribution in [3.05, 3.63) is 65.5 Å². The summed E-state index contributed by atoms with van der Waals surface area (Å²) in [5.41, 5.74) is 7.56. The van der Waals surface area contributed by atoms with Crippen LogP contribution in [0.5, 0.6) is 5.75 Å². The second-order valence-electron chi connectivity index (χ2n) is 4.91. The first-order valence-electron chi connectivity index (χ1n) is 6.75. The van der Waals surface area contributed by atoms with Gasteiger partial charge in [-0.3, -0.25) is 4.79 Å². The third-order valence-electron chi connectivity index (χ3n) is 3.29. The summed E-state index contributed by atoms with van der Waals surface area (Å²) >= 11 is 0. The van der Waals surface area contributed by atoms with Gasteiger partial charge in [-0.05, 0) is 23.3 Å². The zero-order valence-electron chi connectivity index (χ0n) is 11.9. The summed E-state index contributed by atoms with van der Waals surface area (Å²) in [5, 5.41) is 0. The van der Waals surface area contributed by atoms with Crippen LogP contribution in [0.2, 0.25) is 0 Å². The third kappa shape index (κ3) is 4.13. The van der Waals surface area contributed by atoms with E-state index in [4.69, 9.17) is 10.5 Å². The van der Waals surface area contributed by atoms with Crippen molar-refractivity contribution in [1.82, 2.24) is 0 Å². The second kappa shape index (κ2) is 6.99. The van der Waals surface area contributed by atoms with Gasteiger partial charge in [-0.15, -0.1) is 0 Å². The largest absolute Gasteiger partial charge is 0.494 e. The van der Waals surface area contributed by atoms with E-state index in [1.54, 1.807) is 6.07 Å². The SMILES string of the molecule is COc1ccc(CC(=O)CC(N)c2ccccc2)cc1F. The minimum atomic E-state index is -0.463. The number of methoxy groups -OCH3 is 1. The van der Waals surface area contributed by atoms with Gasteiger partial charge in [0.1, 0.15) is 5.78 Å². The Kier molecular flexibility index (Phi) is 5.06. The van der Waals surface area contributed by atoms with E-state index in [0.29, 0.717) is 5.56 Å². The molecule has 3 nitrogen and oxygen atoms in total. The minimum absolute atomic E-state index is 0.0177. The smallest absolute Gasteiger partial charge is 0.165 e. The Balaban J connectivity index is 1.97. The molecule has 4 heteroatoms. The molecule has 0 saturated heterocycles. The van der Waals surface area contributed by atoms with Gasteiger partial charge < -0.3 is 10.5 Å². The fourth-order valence-corrected chi connectivity index (χ4v) is 2.18. The lowest BCUT2D eigenvalue weighted by molar-refractivity contribution is -0.118. The summed E-state index contributed by atoms with van der Waals surface area (Å²) in [7, 11) is 1.40. The highest BCUT2D eigenvalue weighted by Crippen LogP contribution is 2.19. The summed E-state index contributed by atoms with van der Waals surface area (Å²) in [6.07, 6.45) is 0.402. The van der Waals surface area contributed by atoms with E-state index in [2.05, 4.69) is 0 Å². The van der Waals surface area contributed by atoms with Gasteiger partial charge in [0, 0.05) is 18.9 Å². The molecule has 0 spiro atoms. The van der Waals surface area contributed by atoms with Gasteiger partial charge >= 0.3 is 0 Å². The number of ether oxygens (including phenoxy) is 1. The van der Waals surface area contributed by atoms with Gasteiger partial charge in [-0.25, -0.2) is 4.39 Å². The number of hydrogen-bond acceptors (Lipinski definition) is 3. The first-order valence-corrected chi connectivity index (χ1v) is 6.75. The molecule has 0 heterocycles. The number of benzene rings is 2. The molecule has 0 aliphatic carbocycles. The molecule has 0 radical (unpaired) electrons. The lowest BCUT2D eigenvalue weighted by Crippen LogP contribution is -2.16. The van der Waals surface area contributed by atoms with Crippen molar-refractivity contribution in [2.24, 2.45) is 5.73 Å². The van der Waals surface area contributed by atoms with E-state index in [1.165, 1.54) is 19.2 Å². The normalized spacial score (nSPS) is 12.0. The van der Waals surface area contributed by atoms with Gasteiger partial charge in [0.2, 0.25) is 0 Å². The molecule has 21 heavy (non-hydrogen) atoms. The molecule has 2 N–H and O–H groups in total. The Labute approximate surface area is 123 Å². The highest BCUT2D eigenvalue weighted by Gasteiger charge is 2.13. The number of Topliss-reactive ketones (excluding diaryl/α,β-unsaturated/α-hetero) is 1. The Morgan fingerprint density at radius 1 is 1.24 bits per heavy atom. The van der Waals surface area contributed by atoms with Gasteiger partial charge in [-0.2, -0.15) is 0 Å². The zero-order chi connectivity index (χ0) is 15.2. The van der Waals surface area contributed by atoms with Crippen molar-refractivity contribution >= 4 is 5.78 Å². The van der Waals surface area contributed by atoms with Crippen molar-refractivity contribution in [1.29, 1.82) is 0 Å². The summed E-state index contributed by atoms with van der Waals surface area (Å²) in [6, 6.07) is 13.7. The van der Waals surface area contributed by atoms with Crippen LogP contribution in [0.3, 0.4) is 0 Å². The van der Waals surface area contributed by atoms with Crippen molar-refractivity contribution in [3.8, 4) is 5.75 Å². The molecule has 1 unspecified atom stereocenters. The van der Waals surface area contributed by atoms with Crippen LogP contribution in [0.4, 0.5) is 4.39 Å². The number of halogens is 1. The number of carbonyl (C=O) groups is 1. The molecule has 1 atom stereocenters. The van der Waals surface area contributed by atoms with Crippen molar-refractivity contribution in [2.45, 2.75) is 18.9 Å². The molecule has 2 aromatic carbocycles. The Morgan fingerprint density at radius 3 is 2.57 bits per heavy atom. The maximum Gasteiger partial charge on any atom is 0.165 e. The van der Waals surface area contributed by atoms with Crippen LogP contribution < -0.4 is 10.5 Å². The molecule has 0 amide bonds. The highest BCUT2D eigenvalue weighted by molar-refractivity contribution is 5.81. The van der Waals surface area contributed by atoms with Gasteiger partial charge in [0.05, 0.1) is 7.11 Å². The Hall–Kier alpha value is -2.20. The Bertz CT molecular complexity index is 613. The first kappa shape index (κ1) is 15.2. The van der Waals surface area contributed by atoms with Crippen LogP contribution in [-0.2, 0) is 11.2 Å². The predicted molar refractivity (Wildman–Crippen MR) is 79.7 cm³/mol. The number of hydrogen-bond donors (Lipinski definition) is 1. The van der Waals surface area contributed by atoms with Crippen molar-refractivity contribution in [2.75, 3.05) is 7.11 Å². The monoisotopic (exact) mass is 287 g/mol. The molecule has 0 aromatic heterocycles. The van der Waals surface area contributed by atoms with Gasteiger partial charge in [0.15, 0.2) is 11.6 Å². The minimum Gasteiger partial charge on any atom is -0.494 e. The van der Waals surface area contributed by atoms with Crippen LogP contribution in [0.25, 0.3) is 0 Å². The number of ketones is 1. The average molecular weight is 287 g/mol. The fourth-order valence-electron chi connectivity index (χ4n) is 2.18. The van der Waals surface area contributed by atoms with E-state index >= 15 is 0 Å². The topological polar surface area (TPSA) is 52.3 Å². The maximum absolute atomic E-state index is 13.6. The molecule has 0 bridgehead atoms. The molecular formula is C17H18FNO2. The van der Waals surface area contributed by atoms with E-state index in [1.807, 2.05) is 30.3 Å². The second-order valence-corrected chi connectivity index (χ2v) is 4.91. The number of carbonyl (C=O) groups excluding carboxylic acids is 1. The van der Waals surface area contributed by atoms with Crippen LogP contribution in [0.15, 0.2) is 48.5 Å². The van der Waals surface area contributed by atoms with Crippen molar-refractivity contribution < 1.29 is 13.9 Å². The molecule has 0 saturated carbocycles. The number of rotatable bonds is 6. The molecular weight excluding hydrogens is 269 g/mol. The van der Waals surface area contributed by atoms with E-state index in [-0.39, 0.29) is 30.4 Å². The van der Waals surface area contributed by atoms with Gasteiger partial charge in [0.25, 0.3) is 0 Å². The third-order valence-corrected chi connectivity index (χ3v) is 3.29. The highest BCUT2D eigenvalue weighted by atomic mass is 19.1. The number of nitrogens with two attached hydrogens (primary N) is 1. The summed E-state index contributed by atoms with van der Waals surface area (Å²) in [4.78, 5) is 12.0. The van der Waals surface area contributed by atoms with E-state index < -0.39 is 5.82 Å². The lowest BCUT2D eigenvalue weighted by Gasteiger charge is -2.11. The first-order chi connectivity index (χ1) is 10.1. The predicted octanol–water partition coefficient (Wildman–Crippen LogP) is 3.04. The van der Waals surface area contributed by atoms with Crippen LogP contribution in [0, 0.1) is 5.82 Å². The lowest BCUT2D eigenvalue weighted by atomic mass is 9.99. The van der Waals surface area contributed by atoms with Crippen LogP contribution in [0.1, 0.15) is 23.6 Å². The molecule has 110 valence electrons. The molecule has 0 fully saturated rings. The summed E-state index contributed by atoms with van der Waals surface area (Å²) < 4.78 is 18.4. The van der Waals surface area contributed by atoms with E-state index in [0.717, 1.165) is 5.56 Å². The fraction of sp³-hybridized carbons (Fsp3) is 0.235. The quantitative estimate of drug-likeness (QED) is 0.888. The van der Waals surface area contributed by atoms with E-state index in [9.17, 15) is 9.18 Å². The molecule has 2 aromatic rings. The standard InChI is InChI=1S/C17H18FNO2/c1-21-17-8-7-12(10-15(17)18)9-14(20)11-16(19)13-5-3-2-4-6-13/h2-8,10,16H,9,11,19H2,1H3. The average Bonchev–Trinajstić information content (AvgIpc) is 2.48. The van der Waals surface area contributed by atoms with Crippen LogP contribution in [-0.4, -0.2) is 12.9 Å². The molecule has 0 aliphatic rings. The zero-order valence-corrected chi connectivity index (χ0v) is 11.9. The van der Waals surface area contributed by atoms with Crippen molar-refractivity contribution in [3.63, 3.8) is 0 Å².